The molecule has 4 nitrogen and oxygen atoms in total. The number of aliphatic hydroxyl groups excluding tert-OH is 1. The molecule has 0 atom stereocenters. The van der Waals surface area contributed by atoms with Crippen molar-refractivity contribution in [2.24, 2.45) is 11.8 Å². The smallest absolute Gasteiger partial charge is 0.420 e. The zero-order chi connectivity index (χ0) is 34.6. The molecule has 0 bridgehead atoms. The highest BCUT2D eigenvalue weighted by Crippen LogP contribution is 2.44. The van der Waals surface area contributed by atoms with Crippen LogP contribution in [0, 0.1) is 11.8 Å². The van der Waals surface area contributed by atoms with Gasteiger partial charge in [0.1, 0.15) is 22.6 Å². The Balaban J connectivity index is 0.000000188. The third kappa shape index (κ3) is 8.08. The molecule has 0 aromatic heterocycles. The van der Waals surface area contributed by atoms with Gasteiger partial charge in [0.25, 0.3) is 0 Å². The van der Waals surface area contributed by atoms with Crippen molar-refractivity contribution in [3.8, 4) is 11.5 Å². The van der Waals surface area contributed by atoms with Gasteiger partial charge in [0.05, 0.1) is 18.8 Å². The van der Waals surface area contributed by atoms with Gasteiger partial charge >= 0.3 is 12.4 Å². The fourth-order valence-electron chi connectivity index (χ4n) is 6.84. The van der Waals surface area contributed by atoms with E-state index in [-0.39, 0.29) is 46.6 Å². The number of alkyl halides is 6. The Morgan fingerprint density at radius 2 is 1.06 bits per heavy atom. The van der Waals surface area contributed by atoms with Gasteiger partial charge in [-0.25, -0.2) is 0 Å². The summed E-state index contributed by atoms with van der Waals surface area (Å²) in [6, 6.07) is 14.9. The van der Waals surface area contributed by atoms with E-state index in [9.17, 15) is 36.2 Å². The lowest BCUT2D eigenvalue weighted by Crippen LogP contribution is -2.24. The maximum absolute atomic E-state index is 13.7. The van der Waals surface area contributed by atoms with Crippen LogP contribution in [0.2, 0.25) is 0 Å². The summed E-state index contributed by atoms with van der Waals surface area (Å²) in [6.45, 7) is 4.01. The molecular formula is C38H40F6O4. The van der Waals surface area contributed by atoms with E-state index in [4.69, 9.17) is 9.47 Å². The first-order chi connectivity index (χ1) is 22.8. The molecule has 0 unspecified atom stereocenters. The second kappa shape index (κ2) is 14.8. The van der Waals surface area contributed by atoms with Gasteiger partial charge in [-0.15, -0.1) is 0 Å². The second-order valence-corrected chi connectivity index (χ2v) is 13.1. The molecule has 2 aliphatic carbocycles. The number of carbonyl (C=O) groups excluding carboxylic acids is 1. The molecule has 0 aliphatic heterocycles. The molecule has 0 heterocycles. The first-order valence-electron chi connectivity index (χ1n) is 16.4. The number of hydrogen-bond donors (Lipinski definition) is 1. The van der Waals surface area contributed by atoms with E-state index in [1.807, 2.05) is 0 Å². The summed E-state index contributed by atoms with van der Waals surface area (Å²) in [5.41, 5.74) is -0.802. The summed E-state index contributed by atoms with van der Waals surface area (Å²) in [7, 11) is 0. The van der Waals surface area contributed by atoms with Crippen molar-refractivity contribution in [2.75, 3.05) is 0 Å². The highest BCUT2D eigenvalue weighted by atomic mass is 19.4. The topological polar surface area (TPSA) is 55.8 Å². The van der Waals surface area contributed by atoms with Crippen LogP contribution in [0.25, 0.3) is 21.5 Å². The molecular weight excluding hydrogens is 634 g/mol. The van der Waals surface area contributed by atoms with Gasteiger partial charge in [0.2, 0.25) is 0 Å². The van der Waals surface area contributed by atoms with Crippen molar-refractivity contribution in [3.63, 3.8) is 0 Å². The molecule has 4 aromatic rings. The van der Waals surface area contributed by atoms with Crippen LogP contribution in [0.3, 0.4) is 0 Å². The molecule has 0 saturated heterocycles. The lowest BCUT2D eigenvalue weighted by Gasteiger charge is -2.28. The fourth-order valence-corrected chi connectivity index (χ4v) is 6.84. The van der Waals surface area contributed by atoms with E-state index in [1.54, 1.807) is 12.1 Å². The summed E-state index contributed by atoms with van der Waals surface area (Å²) in [4.78, 5) is 11.1. The monoisotopic (exact) mass is 674 g/mol. The van der Waals surface area contributed by atoms with Gasteiger partial charge in [-0.2, -0.15) is 26.3 Å². The standard InChI is InChI=1S/C19H21F3O2.C19H19F3O2/c2*1-12-5-7-14(8-6-12)24-17-10-9-15-13(11-23)3-2-4-16(15)18(17)19(20,21)22/h2-4,9-10,12,14,23H,5-8,11H2,1H3;2-4,9-12,14H,5-8H2,1H3. The molecule has 0 amide bonds. The summed E-state index contributed by atoms with van der Waals surface area (Å²) in [5, 5.41) is 10.2. The molecule has 0 radical (unpaired) electrons. The van der Waals surface area contributed by atoms with Crippen molar-refractivity contribution in [2.45, 2.75) is 96.4 Å². The normalized spacial score (nSPS) is 21.8. The quantitative estimate of drug-likeness (QED) is 0.163. The average Bonchev–Trinajstić information content (AvgIpc) is 3.05. The van der Waals surface area contributed by atoms with Gasteiger partial charge in [0.15, 0.2) is 6.29 Å². The molecule has 1 N–H and O–H groups in total. The van der Waals surface area contributed by atoms with Crippen LogP contribution in [-0.4, -0.2) is 23.6 Å². The summed E-state index contributed by atoms with van der Waals surface area (Å²) < 4.78 is 93.5. The van der Waals surface area contributed by atoms with Gasteiger partial charge in [-0.3, -0.25) is 4.79 Å². The number of carbonyl (C=O) groups is 1. The summed E-state index contributed by atoms with van der Waals surface area (Å²) >= 11 is 0. The number of rotatable bonds is 6. The molecule has 258 valence electrons. The molecule has 2 saturated carbocycles. The Kier molecular flexibility index (Phi) is 10.9. The molecule has 0 spiro atoms. The molecule has 10 heteroatoms. The van der Waals surface area contributed by atoms with Crippen LogP contribution in [-0.2, 0) is 19.0 Å². The van der Waals surface area contributed by atoms with Crippen molar-refractivity contribution < 1.29 is 45.7 Å². The Morgan fingerprint density at radius 1 is 0.625 bits per heavy atom. The minimum atomic E-state index is -4.54. The van der Waals surface area contributed by atoms with Crippen molar-refractivity contribution in [1.82, 2.24) is 0 Å². The zero-order valence-corrected chi connectivity index (χ0v) is 27.0. The summed E-state index contributed by atoms with van der Waals surface area (Å²) in [5.74, 6) is 0.955. The number of aldehydes is 1. The van der Waals surface area contributed by atoms with Crippen LogP contribution in [0.15, 0.2) is 60.7 Å². The highest BCUT2D eigenvalue weighted by molar-refractivity contribution is 6.00. The van der Waals surface area contributed by atoms with Crippen molar-refractivity contribution in [1.29, 1.82) is 0 Å². The molecule has 6 rings (SSSR count). The third-order valence-corrected chi connectivity index (χ3v) is 9.55. The van der Waals surface area contributed by atoms with Crippen LogP contribution in [0.5, 0.6) is 11.5 Å². The first-order valence-corrected chi connectivity index (χ1v) is 16.4. The van der Waals surface area contributed by atoms with Gasteiger partial charge in [-0.05, 0) is 109 Å². The minimum absolute atomic E-state index is 0.00813. The predicted octanol–water partition coefficient (Wildman–Crippen LogP) is 10.9. The number of ether oxygens (including phenoxy) is 2. The van der Waals surface area contributed by atoms with E-state index < -0.39 is 23.5 Å². The Hall–Kier alpha value is -3.79. The third-order valence-electron chi connectivity index (χ3n) is 9.55. The maximum Gasteiger partial charge on any atom is 0.420 e. The van der Waals surface area contributed by atoms with E-state index in [0.717, 1.165) is 51.4 Å². The number of benzene rings is 4. The fraction of sp³-hybridized carbons (Fsp3) is 0.447. The zero-order valence-electron chi connectivity index (χ0n) is 27.0. The number of hydrogen-bond acceptors (Lipinski definition) is 4. The van der Waals surface area contributed by atoms with E-state index in [1.165, 1.54) is 48.5 Å². The average molecular weight is 675 g/mol. The van der Waals surface area contributed by atoms with Crippen LogP contribution >= 0.6 is 0 Å². The van der Waals surface area contributed by atoms with Crippen molar-refractivity contribution in [3.05, 3.63) is 82.9 Å². The molecule has 48 heavy (non-hydrogen) atoms. The van der Waals surface area contributed by atoms with E-state index in [2.05, 4.69) is 13.8 Å². The number of fused-ring (bicyclic) bond motifs is 2. The van der Waals surface area contributed by atoms with E-state index >= 15 is 0 Å². The second-order valence-electron chi connectivity index (χ2n) is 13.1. The largest absolute Gasteiger partial charge is 0.490 e. The molecule has 2 fully saturated rings. The Labute approximate surface area is 276 Å². The van der Waals surface area contributed by atoms with Gasteiger partial charge < -0.3 is 14.6 Å². The van der Waals surface area contributed by atoms with Gasteiger partial charge in [0, 0.05) is 5.56 Å². The van der Waals surface area contributed by atoms with E-state index in [0.29, 0.717) is 34.5 Å². The maximum atomic E-state index is 13.7. The highest BCUT2D eigenvalue weighted by Gasteiger charge is 2.39. The minimum Gasteiger partial charge on any atom is -0.490 e. The number of halogens is 6. The predicted molar refractivity (Wildman–Crippen MR) is 173 cm³/mol. The molecule has 4 aromatic carbocycles. The molecule has 2 aliphatic rings. The lowest BCUT2D eigenvalue weighted by molar-refractivity contribution is -0.139. The Morgan fingerprint density at radius 3 is 1.50 bits per heavy atom. The van der Waals surface area contributed by atoms with Crippen LogP contribution < -0.4 is 9.47 Å². The van der Waals surface area contributed by atoms with Crippen molar-refractivity contribution >= 4 is 27.8 Å². The van der Waals surface area contributed by atoms with Crippen LogP contribution in [0.1, 0.15) is 92.3 Å². The first kappa shape index (κ1) is 35.5. The summed E-state index contributed by atoms with van der Waals surface area (Å²) in [6.07, 6.45) is -1.83. The lowest BCUT2D eigenvalue weighted by atomic mass is 9.89. The number of aliphatic hydroxyl groups is 1. The van der Waals surface area contributed by atoms with Gasteiger partial charge in [-0.1, -0.05) is 56.3 Å². The SMILES string of the molecule is CC1CCC(Oc2ccc3c(C=O)cccc3c2C(F)(F)F)CC1.CC1CCC(Oc2ccc3c(CO)cccc3c2C(F)(F)F)CC1. The Bertz CT molecular complexity index is 1710. The van der Waals surface area contributed by atoms with Crippen LogP contribution in [0.4, 0.5) is 26.3 Å².